The Morgan fingerprint density at radius 2 is 2.10 bits per heavy atom. The second-order valence-electron chi connectivity index (χ2n) is 5.61. The zero-order valence-corrected chi connectivity index (χ0v) is 12.4. The predicted octanol–water partition coefficient (Wildman–Crippen LogP) is 2.53. The number of allylic oxidation sites excluding steroid dienone is 2. The first-order valence-corrected chi connectivity index (χ1v) is 8.28. The molecule has 0 radical (unpaired) electrons. The summed E-state index contributed by atoms with van der Waals surface area (Å²) < 4.78 is 24.6. The van der Waals surface area contributed by atoms with E-state index in [2.05, 4.69) is 22.1 Å². The molecule has 0 heterocycles. The third kappa shape index (κ3) is 2.26. The lowest BCUT2D eigenvalue weighted by atomic mass is 9.74. The number of nitrogens with zero attached hydrogens (tertiary/aromatic N) is 1. The van der Waals surface area contributed by atoms with E-state index in [0.29, 0.717) is 16.7 Å². The van der Waals surface area contributed by atoms with Gasteiger partial charge in [-0.3, -0.25) is 0 Å². The summed E-state index contributed by atoms with van der Waals surface area (Å²) in [6.45, 7) is 3.67. The highest BCUT2D eigenvalue weighted by Gasteiger charge is 2.38. The largest absolute Gasteiger partial charge is 0.276 e. The van der Waals surface area contributed by atoms with E-state index in [-0.39, 0.29) is 0 Å². The van der Waals surface area contributed by atoms with Crippen LogP contribution in [-0.4, -0.2) is 14.1 Å². The van der Waals surface area contributed by atoms with E-state index in [1.807, 2.05) is 19.1 Å². The van der Waals surface area contributed by atoms with Gasteiger partial charge in [0.05, 0.1) is 4.90 Å². The van der Waals surface area contributed by atoms with Gasteiger partial charge in [-0.15, -0.1) is 0 Å². The third-order valence-corrected chi connectivity index (χ3v) is 5.46. The quantitative estimate of drug-likeness (QED) is 0.687. The van der Waals surface area contributed by atoms with Gasteiger partial charge in [0, 0.05) is 11.6 Å². The van der Waals surface area contributed by atoms with Gasteiger partial charge in [0.2, 0.25) is 0 Å². The van der Waals surface area contributed by atoms with Crippen molar-refractivity contribution in [3.63, 3.8) is 0 Å². The van der Waals surface area contributed by atoms with Crippen LogP contribution in [0.5, 0.6) is 0 Å². The molecule has 2 aliphatic rings. The molecule has 1 aromatic carbocycles. The Kier molecular flexibility index (Phi) is 3.17. The van der Waals surface area contributed by atoms with E-state index < -0.39 is 10.0 Å². The minimum atomic E-state index is -3.57. The van der Waals surface area contributed by atoms with Crippen LogP contribution < -0.4 is 4.83 Å². The van der Waals surface area contributed by atoms with Gasteiger partial charge in [0.25, 0.3) is 10.0 Å². The van der Waals surface area contributed by atoms with Crippen molar-refractivity contribution in [2.75, 3.05) is 0 Å². The number of benzene rings is 1. The van der Waals surface area contributed by atoms with Gasteiger partial charge in [-0.05, 0) is 49.8 Å². The molecule has 0 amide bonds. The highest BCUT2D eigenvalue weighted by Crippen LogP contribution is 2.40. The molecule has 1 aromatic rings. The molecule has 2 atom stereocenters. The Labute approximate surface area is 119 Å². The lowest BCUT2D eigenvalue weighted by molar-refractivity contribution is 0.463. The molecular weight excluding hydrogens is 272 g/mol. The highest BCUT2D eigenvalue weighted by molar-refractivity contribution is 7.89. The van der Waals surface area contributed by atoms with Crippen LogP contribution in [0.15, 0.2) is 40.3 Å². The Morgan fingerprint density at radius 1 is 1.30 bits per heavy atom. The monoisotopic (exact) mass is 290 g/mol. The van der Waals surface area contributed by atoms with Crippen molar-refractivity contribution in [3.8, 4) is 0 Å². The van der Waals surface area contributed by atoms with Crippen molar-refractivity contribution in [2.45, 2.75) is 31.6 Å². The van der Waals surface area contributed by atoms with Gasteiger partial charge in [-0.25, -0.2) is 4.83 Å². The normalized spacial score (nSPS) is 26.4. The number of aryl methyl sites for hydroxylation is 2. The van der Waals surface area contributed by atoms with Crippen LogP contribution in [0, 0.1) is 25.7 Å². The molecule has 0 spiro atoms. The second kappa shape index (κ2) is 4.74. The SMILES string of the molecule is Cc1ccc(C)c(S(=O)(=O)N/N=C2/C[C@@H]3C=CC[C@@H]23)c1. The van der Waals surface area contributed by atoms with E-state index >= 15 is 0 Å². The molecule has 0 bridgehead atoms. The standard InChI is InChI=1S/C15H18N2O2S/c1-10-6-7-11(2)15(8-10)20(18,19)17-16-14-9-12-4-3-5-13(12)14/h3-4,6-8,12-13,17H,5,9H2,1-2H3/b16-14-/t12-,13+/m0/s1. The molecular formula is C15H18N2O2S. The van der Waals surface area contributed by atoms with Crippen molar-refractivity contribution >= 4 is 15.7 Å². The summed E-state index contributed by atoms with van der Waals surface area (Å²) in [6.07, 6.45) is 6.20. The van der Waals surface area contributed by atoms with Gasteiger partial charge in [0.15, 0.2) is 0 Å². The molecule has 106 valence electrons. The average Bonchev–Trinajstić information content (AvgIpc) is 2.74. The molecule has 0 saturated heterocycles. The molecule has 1 N–H and O–H groups in total. The number of rotatable bonds is 3. The number of hydrazone groups is 1. The van der Waals surface area contributed by atoms with Crippen LogP contribution >= 0.6 is 0 Å². The van der Waals surface area contributed by atoms with Gasteiger partial charge in [-0.2, -0.15) is 13.5 Å². The molecule has 2 aliphatic carbocycles. The minimum absolute atomic E-state index is 0.308. The maximum absolute atomic E-state index is 12.3. The van der Waals surface area contributed by atoms with Gasteiger partial charge < -0.3 is 0 Å². The molecule has 0 aliphatic heterocycles. The summed E-state index contributed by atoms with van der Waals surface area (Å²) in [5.41, 5.74) is 2.62. The fraction of sp³-hybridized carbons (Fsp3) is 0.400. The average molecular weight is 290 g/mol. The molecule has 0 unspecified atom stereocenters. The van der Waals surface area contributed by atoms with Crippen molar-refractivity contribution in [3.05, 3.63) is 41.5 Å². The van der Waals surface area contributed by atoms with Crippen LogP contribution in [0.25, 0.3) is 0 Å². The summed E-state index contributed by atoms with van der Waals surface area (Å²) in [5.74, 6) is 0.982. The van der Waals surface area contributed by atoms with Crippen LogP contribution in [0.4, 0.5) is 0 Å². The van der Waals surface area contributed by atoms with Gasteiger partial charge in [-0.1, -0.05) is 24.3 Å². The fourth-order valence-electron chi connectivity index (χ4n) is 2.83. The molecule has 4 nitrogen and oxygen atoms in total. The number of sulfonamides is 1. The van der Waals surface area contributed by atoms with Crippen molar-refractivity contribution in [2.24, 2.45) is 16.9 Å². The Bertz CT molecular complexity index is 705. The summed E-state index contributed by atoms with van der Waals surface area (Å²) in [6, 6.07) is 5.40. The topological polar surface area (TPSA) is 58.5 Å². The summed E-state index contributed by atoms with van der Waals surface area (Å²) in [4.78, 5) is 2.70. The molecule has 1 saturated carbocycles. The van der Waals surface area contributed by atoms with Crippen LogP contribution in [0.3, 0.4) is 0 Å². The summed E-state index contributed by atoms with van der Waals surface area (Å²) >= 11 is 0. The first-order chi connectivity index (χ1) is 9.47. The maximum Gasteiger partial charge on any atom is 0.276 e. The first-order valence-electron chi connectivity index (χ1n) is 6.79. The number of fused-ring (bicyclic) bond motifs is 1. The highest BCUT2D eigenvalue weighted by atomic mass is 32.2. The zero-order valence-electron chi connectivity index (χ0n) is 11.6. The second-order valence-corrected chi connectivity index (χ2v) is 7.23. The molecule has 3 rings (SSSR count). The van der Waals surface area contributed by atoms with Gasteiger partial charge in [0.1, 0.15) is 0 Å². The van der Waals surface area contributed by atoms with Crippen LogP contribution in [-0.2, 0) is 10.0 Å². The van der Waals surface area contributed by atoms with E-state index in [0.717, 1.165) is 29.7 Å². The smallest absolute Gasteiger partial charge is 0.200 e. The summed E-state index contributed by atoms with van der Waals surface area (Å²) in [5, 5.41) is 4.13. The number of hydrogen-bond acceptors (Lipinski definition) is 3. The Hall–Kier alpha value is -1.62. The first kappa shape index (κ1) is 13.4. The summed E-state index contributed by atoms with van der Waals surface area (Å²) in [7, 11) is -3.57. The minimum Gasteiger partial charge on any atom is -0.200 e. The van der Waals surface area contributed by atoms with Crippen molar-refractivity contribution < 1.29 is 8.42 Å². The van der Waals surface area contributed by atoms with E-state index in [9.17, 15) is 8.42 Å². The number of nitrogens with one attached hydrogen (secondary N) is 1. The zero-order chi connectivity index (χ0) is 14.3. The predicted molar refractivity (Wildman–Crippen MR) is 79.0 cm³/mol. The van der Waals surface area contributed by atoms with E-state index in [1.165, 1.54) is 0 Å². The van der Waals surface area contributed by atoms with Crippen LogP contribution in [0.2, 0.25) is 0 Å². The van der Waals surface area contributed by atoms with Crippen molar-refractivity contribution in [1.29, 1.82) is 0 Å². The van der Waals surface area contributed by atoms with Crippen LogP contribution in [0.1, 0.15) is 24.0 Å². The lowest BCUT2D eigenvalue weighted by Gasteiger charge is -2.31. The fourth-order valence-corrected chi connectivity index (χ4v) is 4.00. The Morgan fingerprint density at radius 3 is 2.85 bits per heavy atom. The third-order valence-electron chi connectivity index (χ3n) is 4.11. The molecule has 5 heteroatoms. The molecule has 20 heavy (non-hydrogen) atoms. The maximum atomic E-state index is 12.3. The van der Waals surface area contributed by atoms with Crippen molar-refractivity contribution in [1.82, 2.24) is 4.83 Å². The van der Waals surface area contributed by atoms with E-state index in [1.54, 1.807) is 13.0 Å². The molecule has 1 fully saturated rings. The number of hydrogen-bond donors (Lipinski definition) is 1. The molecule has 0 aromatic heterocycles. The van der Waals surface area contributed by atoms with E-state index in [4.69, 9.17) is 0 Å². The lowest BCUT2D eigenvalue weighted by Crippen LogP contribution is -2.35. The Balaban J connectivity index is 1.80. The van der Waals surface area contributed by atoms with Gasteiger partial charge >= 0.3 is 0 Å².